The monoisotopic (exact) mass is 448 g/mol. The Balaban J connectivity index is 0.00000136. The molecule has 0 saturated carbocycles. The smallest absolute Gasteiger partial charge is 0.253 e. The molecule has 0 radical (unpaired) electrons. The van der Waals surface area contributed by atoms with E-state index in [9.17, 15) is 9.59 Å². The van der Waals surface area contributed by atoms with Gasteiger partial charge >= 0.3 is 0 Å². The molecule has 0 spiro atoms. The van der Waals surface area contributed by atoms with Crippen molar-refractivity contribution in [1.82, 2.24) is 10.3 Å². The molecule has 1 amide bonds. The summed E-state index contributed by atoms with van der Waals surface area (Å²) in [5.74, 6) is 1.12. The molecule has 2 N–H and O–H groups in total. The molecule has 6 heteroatoms. The van der Waals surface area contributed by atoms with Crippen LogP contribution in [0.4, 0.5) is 0 Å². The lowest BCUT2D eigenvalue weighted by Gasteiger charge is -2.13. The van der Waals surface area contributed by atoms with Gasteiger partial charge in [-0.25, -0.2) is 0 Å². The molecule has 0 saturated heterocycles. The lowest BCUT2D eigenvalue weighted by atomic mass is 10.0. The van der Waals surface area contributed by atoms with Crippen molar-refractivity contribution in [3.63, 3.8) is 0 Å². The molecule has 2 aromatic rings. The Morgan fingerprint density at radius 1 is 1.29 bits per heavy atom. The predicted molar refractivity (Wildman–Crippen MR) is 116 cm³/mol. The number of amides is 1. The molecule has 2 heterocycles. The van der Waals surface area contributed by atoms with Crippen molar-refractivity contribution in [1.29, 1.82) is 0 Å². The van der Waals surface area contributed by atoms with Crippen LogP contribution in [0, 0.1) is 19.8 Å². The summed E-state index contributed by atoms with van der Waals surface area (Å²) in [6.45, 7) is 10.8. The van der Waals surface area contributed by atoms with E-state index in [2.05, 4.69) is 33.2 Å². The van der Waals surface area contributed by atoms with Crippen LogP contribution in [0.2, 0.25) is 0 Å². The zero-order valence-corrected chi connectivity index (χ0v) is 18.8. The number of rotatable bonds is 3. The molecule has 1 aromatic heterocycles. The largest absolute Gasteiger partial charge is 0.492 e. The number of aromatic amines is 1. The van der Waals surface area contributed by atoms with Crippen LogP contribution in [0.15, 0.2) is 27.5 Å². The van der Waals surface area contributed by atoms with Crippen LogP contribution in [-0.4, -0.2) is 17.5 Å². The molecule has 1 aliphatic heterocycles. The Morgan fingerprint density at radius 2 is 2.00 bits per heavy atom. The standard InChI is InChI=1S/C20H23BrN2O3.C2H6/c1-11-4-5-14-7-15(8-17(21)18(14)26-10-11)19(24)22-9-16-12(2)6-13(3)23-20(16)25;1-2/h6-8,11H,4-5,9-10H2,1-3H3,(H,22,24)(H,23,25);1-2H3. The first-order chi connectivity index (χ1) is 13.3. The van der Waals surface area contributed by atoms with Gasteiger partial charge < -0.3 is 15.0 Å². The van der Waals surface area contributed by atoms with Crippen LogP contribution in [0.1, 0.15) is 59.9 Å². The van der Waals surface area contributed by atoms with E-state index in [4.69, 9.17) is 4.74 Å². The average molecular weight is 449 g/mol. The molecular weight excluding hydrogens is 420 g/mol. The maximum Gasteiger partial charge on any atom is 0.253 e. The van der Waals surface area contributed by atoms with Gasteiger partial charge in [0.15, 0.2) is 0 Å². The third-order valence-corrected chi connectivity index (χ3v) is 5.31. The number of fused-ring (bicyclic) bond motifs is 1. The van der Waals surface area contributed by atoms with Crippen LogP contribution >= 0.6 is 15.9 Å². The Kier molecular flexibility index (Phi) is 7.87. The number of carbonyl (C=O) groups is 1. The highest BCUT2D eigenvalue weighted by atomic mass is 79.9. The van der Waals surface area contributed by atoms with Crippen molar-refractivity contribution in [2.45, 2.75) is 54.0 Å². The fraction of sp³-hybridized carbons (Fsp3) is 0.455. The number of hydrogen-bond donors (Lipinski definition) is 2. The van der Waals surface area contributed by atoms with E-state index < -0.39 is 0 Å². The fourth-order valence-corrected chi connectivity index (χ4v) is 3.83. The van der Waals surface area contributed by atoms with Crippen molar-refractivity contribution in [2.24, 2.45) is 5.92 Å². The molecule has 5 nitrogen and oxygen atoms in total. The molecule has 1 unspecified atom stereocenters. The second-order valence-corrected chi connectivity index (χ2v) is 7.88. The SMILES string of the molecule is CC.Cc1cc(C)c(CNC(=O)c2cc(Br)c3c(c2)CCC(C)CO3)c(=O)[nH]1. The maximum absolute atomic E-state index is 12.6. The number of hydrogen-bond acceptors (Lipinski definition) is 3. The van der Waals surface area contributed by atoms with Gasteiger partial charge in [-0.3, -0.25) is 9.59 Å². The van der Waals surface area contributed by atoms with Crippen LogP contribution in [0.5, 0.6) is 5.75 Å². The highest BCUT2D eigenvalue weighted by molar-refractivity contribution is 9.10. The quantitative estimate of drug-likeness (QED) is 0.716. The van der Waals surface area contributed by atoms with E-state index in [1.165, 1.54) is 0 Å². The second-order valence-electron chi connectivity index (χ2n) is 7.03. The molecule has 0 bridgehead atoms. The first kappa shape index (κ1) is 22.2. The summed E-state index contributed by atoms with van der Waals surface area (Å²) >= 11 is 3.52. The Hall–Kier alpha value is -2.08. The van der Waals surface area contributed by atoms with Gasteiger partial charge in [0.1, 0.15) is 5.75 Å². The molecule has 1 atom stereocenters. The van der Waals surface area contributed by atoms with Crippen LogP contribution < -0.4 is 15.6 Å². The van der Waals surface area contributed by atoms with Gasteiger partial charge in [-0.2, -0.15) is 0 Å². The van der Waals surface area contributed by atoms with Crippen molar-refractivity contribution < 1.29 is 9.53 Å². The van der Waals surface area contributed by atoms with Gasteiger partial charge in [-0.1, -0.05) is 20.8 Å². The summed E-state index contributed by atoms with van der Waals surface area (Å²) in [6.07, 6.45) is 1.91. The first-order valence-corrected chi connectivity index (χ1v) is 10.6. The molecule has 3 rings (SSSR count). The molecule has 1 aromatic carbocycles. The van der Waals surface area contributed by atoms with E-state index >= 15 is 0 Å². The van der Waals surface area contributed by atoms with Crippen LogP contribution in [0.25, 0.3) is 0 Å². The van der Waals surface area contributed by atoms with Crippen molar-refractivity contribution in [3.05, 3.63) is 61.0 Å². The summed E-state index contributed by atoms with van der Waals surface area (Å²) < 4.78 is 6.66. The Morgan fingerprint density at radius 3 is 2.68 bits per heavy atom. The maximum atomic E-state index is 12.6. The van der Waals surface area contributed by atoms with E-state index in [1.54, 1.807) is 6.07 Å². The second kappa shape index (κ2) is 9.92. The highest BCUT2D eigenvalue weighted by Crippen LogP contribution is 2.34. The molecule has 28 heavy (non-hydrogen) atoms. The van der Waals surface area contributed by atoms with Crippen molar-refractivity contribution >= 4 is 21.8 Å². The lowest BCUT2D eigenvalue weighted by molar-refractivity contribution is 0.0950. The fourth-order valence-electron chi connectivity index (χ4n) is 3.21. The Bertz CT molecular complexity index is 905. The minimum atomic E-state index is -0.204. The van der Waals surface area contributed by atoms with Gasteiger partial charge in [-0.05, 0) is 77.9 Å². The number of aromatic nitrogens is 1. The Labute approximate surface area is 175 Å². The highest BCUT2D eigenvalue weighted by Gasteiger charge is 2.19. The lowest BCUT2D eigenvalue weighted by Crippen LogP contribution is -2.28. The summed E-state index contributed by atoms with van der Waals surface area (Å²) in [4.78, 5) is 27.5. The average Bonchev–Trinajstić information content (AvgIpc) is 2.84. The number of halogens is 1. The van der Waals surface area contributed by atoms with E-state index in [0.29, 0.717) is 23.7 Å². The van der Waals surface area contributed by atoms with Crippen molar-refractivity contribution in [2.75, 3.05) is 6.61 Å². The third-order valence-electron chi connectivity index (χ3n) is 4.72. The van der Waals surface area contributed by atoms with Gasteiger partial charge in [0.25, 0.3) is 11.5 Å². The molecule has 152 valence electrons. The molecule has 1 aliphatic rings. The number of aryl methyl sites for hydroxylation is 3. The molecule has 0 fully saturated rings. The van der Waals surface area contributed by atoms with E-state index in [1.807, 2.05) is 39.8 Å². The molecular formula is C22H29BrN2O3. The number of H-pyrrole nitrogens is 1. The first-order valence-electron chi connectivity index (χ1n) is 9.78. The third kappa shape index (κ3) is 5.25. The topological polar surface area (TPSA) is 71.2 Å². The van der Waals surface area contributed by atoms with Crippen LogP contribution in [0.3, 0.4) is 0 Å². The van der Waals surface area contributed by atoms with E-state index in [-0.39, 0.29) is 18.0 Å². The van der Waals surface area contributed by atoms with Crippen molar-refractivity contribution in [3.8, 4) is 5.75 Å². The normalized spacial score (nSPS) is 15.4. The minimum Gasteiger partial charge on any atom is -0.492 e. The van der Waals surface area contributed by atoms with Gasteiger partial charge in [-0.15, -0.1) is 0 Å². The summed E-state index contributed by atoms with van der Waals surface area (Å²) in [7, 11) is 0. The number of nitrogens with one attached hydrogen (secondary N) is 2. The van der Waals surface area contributed by atoms with Gasteiger partial charge in [0, 0.05) is 23.4 Å². The number of benzene rings is 1. The number of carbonyl (C=O) groups excluding carboxylic acids is 1. The number of pyridine rings is 1. The molecule has 0 aliphatic carbocycles. The zero-order chi connectivity index (χ0) is 20.8. The number of ether oxygens (including phenoxy) is 1. The summed E-state index contributed by atoms with van der Waals surface area (Å²) in [6, 6.07) is 5.57. The minimum absolute atomic E-state index is 0.159. The summed E-state index contributed by atoms with van der Waals surface area (Å²) in [5, 5.41) is 2.85. The van der Waals surface area contributed by atoms with Crippen LogP contribution in [-0.2, 0) is 13.0 Å². The predicted octanol–water partition coefficient (Wildman–Crippen LogP) is 4.67. The van der Waals surface area contributed by atoms with Gasteiger partial charge in [0.2, 0.25) is 0 Å². The summed E-state index contributed by atoms with van der Waals surface area (Å²) in [5.41, 5.74) is 3.71. The van der Waals surface area contributed by atoms with E-state index in [0.717, 1.165) is 39.9 Å². The van der Waals surface area contributed by atoms with Gasteiger partial charge in [0.05, 0.1) is 11.1 Å². The zero-order valence-electron chi connectivity index (χ0n) is 17.2.